The van der Waals surface area contributed by atoms with E-state index in [4.69, 9.17) is 9.15 Å². The number of benzene rings is 13. The summed E-state index contributed by atoms with van der Waals surface area (Å²) in [5.41, 5.74) is 13.4. The van der Waals surface area contributed by atoms with Crippen LogP contribution in [-0.2, 0) is 6.42 Å². The normalized spacial score (nSPS) is 11.8. The number of para-hydroxylation sites is 5. The molecule has 0 saturated carbocycles. The molecule has 1 aromatic heterocycles. The second-order valence-electron chi connectivity index (χ2n) is 19.8. The number of anilines is 6. The van der Waals surface area contributed by atoms with E-state index < -0.39 is 0 Å². The van der Waals surface area contributed by atoms with Gasteiger partial charge in [0.15, 0.2) is 11.3 Å². The molecule has 0 aliphatic heterocycles. The highest BCUT2D eigenvalue weighted by Gasteiger charge is 2.29. The zero-order valence-corrected chi connectivity index (χ0v) is 42.9. The average molecular weight is 989 g/mol. The fraction of sp³-hybridized carbons (Fsp3) is 0.0411. The topological polar surface area (TPSA) is 28.9 Å². The molecular formula is C73H52N2O2. The first-order valence-corrected chi connectivity index (χ1v) is 26.5. The summed E-state index contributed by atoms with van der Waals surface area (Å²) in [7, 11) is 0. The Balaban J connectivity index is 1.17. The predicted octanol–water partition coefficient (Wildman–Crippen LogP) is 21.1. The minimum atomic E-state index is 0.573. The van der Waals surface area contributed by atoms with E-state index in [0.717, 1.165) is 112 Å². The van der Waals surface area contributed by atoms with Crippen LogP contribution in [0.15, 0.2) is 272 Å². The second-order valence-corrected chi connectivity index (χ2v) is 19.8. The van der Waals surface area contributed by atoms with Crippen molar-refractivity contribution in [3.63, 3.8) is 0 Å². The number of allylic oxidation sites excluding steroid dienone is 2. The van der Waals surface area contributed by atoms with Gasteiger partial charge in [-0.2, -0.15) is 0 Å². The van der Waals surface area contributed by atoms with E-state index in [2.05, 4.69) is 260 Å². The Morgan fingerprint density at radius 3 is 1.48 bits per heavy atom. The van der Waals surface area contributed by atoms with E-state index in [1.54, 1.807) is 0 Å². The number of hydrogen-bond acceptors (Lipinski definition) is 4. The maximum absolute atomic E-state index is 6.93. The maximum Gasteiger partial charge on any atom is 0.159 e. The number of fused-ring (bicyclic) bond motifs is 5. The first-order valence-electron chi connectivity index (χ1n) is 26.5. The molecule has 14 aromatic rings. The Hall–Kier alpha value is -9.90. The van der Waals surface area contributed by atoms with Crippen molar-refractivity contribution in [1.29, 1.82) is 0 Å². The molecule has 0 amide bonds. The fourth-order valence-corrected chi connectivity index (χ4v) is 12.1. The molecule has 366 valence electrons. The van der Waals surface area contributed by atoms with Gasteiger partial charge < -0.3 is 19.0 Å². The minimum Gasteiger partial charge on any atom is -0.456 e. The zero-order valence-electron chi connectivity index (χ0n) is 42.9. The standard InChI is InChI=1S/C73H52N2O2/c1-4-22-47(3)76-72-48(5-2)25-20-38-65(72)74(51-28-8-6-9-29-51)67-45-63(55-35-18-26-49-23-12-14-32-53(49)55)58-42-44-62-68(46-64(59-41-43-61(67)70(58)71(59)62)56-36-19-27-50-24-13-15-33-54(50)56)75(52-30-10-7-11-31-52)66-39-21-37-60-57-34-16-17-40-69(57)77-73(60)66/h4,6-46H,3,5H2,1-2H3/b22-4-. The number of aryl methyl sites for hydroxylation is 1. The third kappa shape index (κ3) is 7.52. The number of nitrogens with zero attached hydrogens (tertiary/aromatic N) is 2. The number of hydrogen-bond donors (Lipinski definition) is 0. The molecule has 0 bridgehead atoms. The van der Waals surface area contributed by atoms with Crippen LogP contribution in [0.3, 0.4) is 0 Å². The van der Waals surface area contributed by atoms with Crippen molar-refractivity contribution < 1.29 is 9.15 Å². The van der Waals surface area contributed by atoms with Gasteiger partial charge in [-0.1, -0.05) is 208 Å². The van der Waals surface area contributed by atoms with Crippen LogP contribution in [-0.4, -0.2) is 0 Å². The fourth-order valence-electron chi connectivity index (χ4n) is 12.1. The van der Waals surface area contributed by atoms with Crippen molar-refractivity contribution in [3.8, 4) is 28.0 Å². The van der Waals surface area contributed by atoms with Gasteiger partial charge in [0.1, 0.15) is 11.3 Å². The van der Waals surface area contributed by atoms with Crippen molar-refractivity contribution in [3.05, 3.63) is 273 Å². The molecule has 0 aliphatic rings. The summed E-state index contributed by atoms with van der Waals surface area (Å²) in [6.45, 7) is 8.54. The van der Waals surface area contributed by atoms with Crippen molar-refractivity contribution in [2.45, 2.75) is 20.3 Å². The molecule has 0 atom stereocenters. The molecule has 0 spiro atoms. The predicted molar refractivity (Wildman–Crippen MR) is 327 cm³/mol. The lowest BCUT2D eigenvalue weighted by molar-refractivity contribution is 0.443. The van der Waals surface area contributed by atoms with Gasteiger partial charge in [0.05, 0.1) is 22.7 Å². The zero-order chi connectivity index (χ0) is 51.6. The van der Waals surface area contributed by atoms with Crippen LogP contribution in [0.5, 0.6) is 5.75 Å². The summed E-state index contributed by atoms with van der Waals surface area (Å²) in [5, 5.41) is 13.8. The first kappa shape index (κ1) is 45.7. The second kappa shape index (κ2) is 18.8. The Bertz CT molecular complexity index is 4620. The summed E-state index contributed by atoms with van der Waals surface area (Å²) in [6, 6.07) is 88.1. The highest BCUT2D eigenvalue weighted by molar-refractivity contribution is 6.33. The van der Waals surface area contributed by atoms with E-state index in [1.807, 2.05) is 25.1 Å². The Labute approximate surface area is 447 Å². The summed E-state index contributed by atoms with van der Waals surface area (Å²) < 4.78 is 13.8. The Morgan fingerprint density at radius 1 is 0.429 bits per heavy atom. The number of rotatable bonds is 12. The number of ether oxygens (including phenoxy) is 1. The van der Waals surface area contributed by atoms with Crippen LogP contribution in [0.1, 0.15) is 19.4 Å². The van der Waals surface area contributed by atoms with Crippen LogP contribution < -0.4 is 14.5 Å². The molecule has 4 heteroatoms. The third-order valence-corrected chi connectivity index (χ3v) is 15.4. The van der Waals surface area contributed by atoms with Crippen LogP contribution in [0.4, 0.5) is 34.1 Å². The molecule has 0 unspecified atom stereocenters. The summed E-state index contributed by atoms with van der Waals surface area (Å²) in [5.74, 6) is 1.35. The maximum atomic E-state index is 6.93. The molecule has 0 radical (unpaired) electrons. The molecular weight excluding hydrogens is 937 g/mol. The third-order valence-electron chi connectivity index (χ3n) is 15.4. The van der Waals surface area contributed by atoms with Crippen LogP contribution in [0.2, 0.25) is 0 Å². The van der Waals surface area contributed by atoms with Gasteiger partial charge in [-0.15, -0.1) is 0 Å². The highest BCUT2D eigenvalue weighted by Crippen LogP contribution is 2.55. The smallest absolute Gasteiger partial charge is 0.159 e. The molecule has 0 saturated heterocycles. The van der Waals surface area contributed by atoms with E-state index in [1.165, 1.54) is 37.7 Å². The van der Waals surface area contributed by atoms with Crippen LogP contribution in [0.25, 0.3) is 98.1 Å². The Morgan fingerprint density at radius 2 is 0.896 bits per heavy atom. The largest absolute Gasteiger partial charge is 0.456 e. The van der Waals surface area contributed by atoms with E-state index in [0.29, 0.717) is 5.76 Å². The van der Waals surface area contributed by atoms with Crippen molar-refractivity contribution in [2.24, 2.45) is 0 Å². The molecule has 4 nitrogen and oxygen atoms in total. The van der Waals surface area contributed by atoms with Crippen LogP contribution >= 0.6 is 0 Å². The van der Waals surface area contributed by atoms with Gasteiger partial charge in [-0.25, -0.2) is 0 Å². The van der Waals surface area contributed by atoms with Crippen molar-refractivity contribution in [2.75, 3.05) is 9.80 Å². The minimum absolute atomic E-state index is 0.573. The molecule has 0 N–H and O–H groups in total. The highest BCUT2D eigenvalue weighted by atomic mass is 16.5. The van der Waals surface area contributed by atoms with E-state index in [-0.39, 0.29) is 0 Å². The van der Waals surface area contributed by atoms with Gasteiger partial charge >= 0.3 is 0 Å². The SMILES string of the molecule is C=C(/C=C\C)Oc1c(CC)cccc1N(c1ccccc1)c1cc(-c2cccc3ccccc23)c2ccc3c(N(c4ccccc4)c4cccc5c4oc4ccccc45)cc(-c4cccc5ccccc45)c4ccc1c2c43. The van der Waals surface area contributed by atoms with Gasteiger partial charge in [0.2, 0.25) is 0 Å². The van der Waals surface area contributed by atoms with Gasteiger partial charge in [0, 0.05) is 43.7 Å². The van der Waals surface area contributed by atoms with Crippen molar-refractivity contribution >= 4 is 110 Å². The lowest BCUT2D eigenvalue weighted by Gasteiger charge is -2.32. The quantitative estimate of drug-likeness (QED) is 0.0693. The molecule has 0 aliphatic carbocycles. The van der Waals surface area contributed by atoms with Gasteiger partial charge in [0.25, 0.3) is 0 Å². The van der Waals surface area contributed by atoms with E-state index in [9.17, 15) is 0 Å². The van der Waals surface area contributed by atoms with Crippen molar-refractivity contribution in [1.82, 2.24) is 0 Å². The summed E-state index contributed by atoms with van der Waals surface area (Å²) in [4.78, 5) is 4.83. The van der Waals surface area contributed by atoms with Crippen LogP contribution in [0, 0.1) is 0 Å². The molecule has 13 aromatic carbocycles. The summed E-state index contributed by atoms with van der Waals surface area (Å²) in [6.07, 6.45) is 4.67. The molecule has 14 rings (SSSR count). The van der Waals surface area contributed by atoms with E-state index >= 15 is 0 Å². The van der Waals surface area contributed by atoms with Gasteiger partial charge in [-0.05, 0) is 134 Å². The monoisotopic (exact) mass is 988 g/mol. The molecule has 0 fully saturated rings. The lowest BCUT2D eigenvalue weighted by Crippen LogP contribution is -2.14. The van der Waals surface area contributed by atoms with Gasteiger partial charge in [-0.3, -0.25) is 0 Å². The first-order chi connectivity index (χ1) is 38.1. The number of furan rings is 1. The molecule has 1 heterocycles. The average Bonchev–Trinajstić information content (AvgIpc) is 4.02. The summed E-state index contributed by atoms with van der Waals surface area (Å²) >= 11 is 0. The lowest BCUT2D eigenvalue weighted by atomic mass is 9.84. The Kier molecular flexibility index (Phi) is 11.2. The molecule has 77 heavy (non-hydrogen) atoms.